The fourth-order valence-electron chi connectivity index (χ4n) is 3.78. The number of rotatable bonds is 2. The molecule has 1 aliphatic heterocycles. The highest BCUT2D eigenvalue weighted by Crippen LogP contribution is 2.44. The Labute approximate surface area is 110 Å². The van der Waals surface area contributed by atoms with Crippen molar-refractivity contribution in [3.63, 3.8) is 0 Å². The first-order valence-corrected chi connectivity index (χ1v) is 6.86. The van der Waals surface area contributed by atoms with Crippen LogP contribution in [0, 0.1) is 11.8 Å². The molecule has 17 heavy (non-hydrogen) atoms. The van der Waals surface area contributed by atoms with E-state index < -0.39 is 0 Å². The van der Waals surface area contributed by atoms with Crippen LogP contribution in [0.2, 0.25) is 0 Å². The summed E-state index contributed by atoms with van der Waals surface area (Å²) < 4.78 is 0. The normalized spacial score (nSPS) is 39.8. The molecule has 3 nitrogen and oxygen atoms in total. The van der Waals surface area contributed by atoms with Crippen molar-refractivity contribution in [3.8, 4) is 0 Å². The first-order chi connectivity index (χ1) is 7.83. The van der Waals surface area contributed by atoms with E-state index in [4.69, 9.17) is 0 Å². The van der Waals surface area contributed by atoms with Crippen LogP contribution in [0.5, 0.6) is 0 Å². The Hall–Kier alpha value is -0.280. The van der Waals surface area contributed by atoms with Crippen molar-refractivity contribution < 1.29 is 4.79 Å². The molecule has 2 N–H and O–H groups in total. The summed E-state index contributed by atoms with van der Waals surface area (Å²) in [6.45, 7) is 1.01. The minimum Gasteiger partial charge on any atom is -0.352 e. The fraction of sp³-hybridized carbons (Fsp3) is 0.923. The van der Waals surface area contributed by atoms with E-state index in [9.17, 15) is 4.79 Å². The number of carbonyl (C=O) groups is 1. The summed E-state index contributed by atoms with van der Waals surface area (Å²) in [5.41, 5.74) is 0. The van der Waals surface area contributed by atoms with E-state index in [1.54, 1.807) is 0 Å². The highest BCUT2D eigenvalue weighted by Gasteiger charge is 2.40. The lowest BCUT2D eigenvalue weighted by Gasteiger charge is -2.28. The molecule has 3 aliphatic rings. The third-order valence-electron chi connectivity index (χ3n) is 4.69. The molecule has 0 radical (unpaired) electrons. The number of carbonyl (C=O) groups excluding carboxylic acids is 1. The lowest BCUT2D eigenvalue weighted by molar-refractivity contribution is -0.124. The van der Waals surface area contributed by atoms with E-state index in [0.29, 0.717) is 6.04 Å². The van der Waals surface area contributed by atoms with E-state index in [1.807, 2.05) is 0 Å². The van der Waals surface area contributed by atoms with Crippen LogP contribution in [-0.2, 0) is 4.79 Å². The Kier molecular flexibility index (Phi) is 4.31. The molecule has 4 heteroatoms. The Bertz CT molecular complexity index is 279. The van der Waals surface area contributed by atoms with Gasteiger partial charge in [-0.05, 0) is 50.5 Å². The van der Waals surface area contributed by atoms with Crippen molar-refractivity contribution in [2.24, 2.45) is 11.8 Å². The number of piperidine rings is 1. The third kappa shape index (κ3) is 2.76. The second-order valence-corrected chi connectivity index (χ2v) is 5.79. The van der Waals surface area contributed by atoms with Crippen LogP contribution in [-0.4, -0.2) is 24.5 Å². The van der Waals surface area contributed by atoms with Gasteiger partial charge < -0.3 is 10.6 Å². The van der Waals surface area contributed by atoms with Gasteiger partial charge >= 0.3 is 0 Å². The first kappa shape index (κ1) is 13.2. The van der Waals surface area contributed by atoms with Crippen molar-refractivity contribution in [2.45, 2.75) is 57.0 Å². The van der Waals surface area contributed by atoms with E-state index >= 15 is 0 Å². The minimum atomic E-state index is 0. The predicted molar refractivity (Wildman–Crippen MR) is 70.3 cm³/mol. The lowest BCUT2D eigenvalue weighted by Crippen LogP contribution is -2.50. The van der Waals surface area contributed by atoms with Crippen LogP contribution in [0.3, 0.4) is 0 Å². The smallest absolute Gasteiger partial charge is 0.237 e. The van der Waals surface area contributed by atoms with E-state index in [0.717, 1.165) is 24.8 Å². The Morgan fingerprint density at radius 2 is 2.00 bits per heavy atom. The summed E-state index contributed by atoms with van der Waals surface area (Å²) in [6.07, 6.45) is 8.78. The maximum atomic E-state index is 12.1. The molecule has 4 atom stereocenters. The molecule has 0 aromatic rings. The zero-order chi connectivity index (χ0) is 11.0. The lowest BCUT2D eigenvalue weighted by atomic mass is 9.94. The van der Waals surface area contributed by atoms with Crippen LogP contribution < -0.4 is 10.6 Å². The van der Waals surface area contributed by atoms with Gasteiger partial charge in [-0.25, -0.2) is 0 Å². The standard InChI is InChI=1S/C13H22N2O.ClH/c16-13(11-3-1-2-6-14-11)15-12-8-9-4-5-10(12)7-9;/h9-12,14H,1-8H2,(H,15,16);1H/t9?,10?,11-,12?;/m0./s1. The Morgan fingerprint density at radius 3 is 2.59 bits per heavy atom. The molecule has 3 unspecified atom stereocenters. The van der Waals surface area contributed by atoms with Crippen molar-refractivity contribution in [2.75, 3.05) is 6.54 Å². The van der Waals surface area contributed by atoms with Gasteiger partial charge in [-0.1, -0.05) is 12.8 Å². The maximum absolute atomic E-state index is 12.1. The largest absolute Gasteiger partial charge is 0.352 e. The molecule has 1 heterocycles. The quantitative estimate of drug-likeness (QED) is 0.794. The van der Waals surface area contributed by atoms with Crippen molar-refractivity contribution in [3.05, 3.63) is 0 Å². The number of hydrogen-bond donors (Lipinski definition) is 2. The average Bonchev–Trinajstić information content (AvgIpc) is 2.92. The summed E-state index contributed by atoms with van der Waals surface area (Å²) in [5, 5.41) is 6.60. The van der Waals surface area contributed by atoms with Crippen molar-refractivity contribution >= 4 is 18.3 Å². The van der Waals surface area contributed by atoms with Gasteiger partial charge in [-0.3, -0.25) is 4.79 Å². The molecule has 1 saturated heterocycles. The molecule has 2 saturated carbocycles. The topological polar surface area (TPSA) is 41.1 Å². The zero-order valence-corrected chi connectivity index (χ0v) is 11.1. The summed E-state index contributed by atoms with van der Waals surface area (Å²) >= 11 is 0. The van der Waals surface area contributed by atoms with E-state index in [-0.39, 0.29) is 24.4 Å². The van der Waals surface area contributed by atoms with Crippen molar-refractivity contribution in [1.82, 2.24) is 10.6 Å². The van der Waals surface area contributed by atoms with Crippen LogP contribution in [0.25, 0.3) is 0 Å². The number of hydrogen-bond acceptors (Lipinski definition) is 2. The molecule has 0 aromatic heterocycles. The van der Waals surface area contributed by atoms with Gasteiger partial charge in [0.2, 0.25) is 5.91 Å². The minimum absolute atomic E-state index is 0. The second-order valence-electron chi connectivity index (χ2n) is 5.79. The fourth-order valence-corrected chi connectivity index (χ4v) is 3.78. The number of amides is 1. The van der Waals surface area contributed by atoms with Gasteiger partial charge in [0.25, 0.3) is 0 Å². The first-order valence-electron chi connectivity index (χ1n) is 6.86. The molecular formula is C13H23ClN2O. The number of halogens is 1. The van der Waals surface area contributed by atoms with Gasteiger partial charge in [0.15, 0.2) is 0 Å². The van der Waals surface area contributed by atoms with Gasteiger partial charge in [0, 0.05) is 6.04 Å². The maximum Gasteiger partial charge on any atom is 0.237 e. The van der Waals surface area contributed by atoms with Crippen LogP contribution in [0.1, 0.15) is 44.9 Å². The molecule has 1 amide bonds. The van der Waals surface area contributed by atoms with E-state index in [1.165, 1.54) is 38.5 Å². The van der Waals surface area contributed by atoms with Gasteiger partial charge in [-0.2, -0.15) is 0 Å². The summed E-state index contributed by atoms with van der Waals surface area (Å²) in [4.78, 5) is 12.1. The molecule has 98 valence electrons. The molecule has 2 aliphatic carbocycles. The monoisotopic (exact) mass is 258 g/mol. The van der Waals surface area contributed by atoms with Gasteiger partial charge in [-0.15, -0.1) is 12.4 Å². The Balaban J connectivity index is 0.00000108. The number of nitrogens with one attached hydrogen (secondary N) is 2. The van der Waals surface area contributed by atoms with Crippen LogP contribution in [0.4, 0.5) is 0 Å². The van der Waals surface area contributed by atoms with Crippen molar-refractivity contribution in [1.29, 1.82) is 0 Å². The van der Waals surface area contributed by atoms with E-state index in [2.05, 4.69) is 10.6 Å². The molecule has 3 fully saturated rings. The average molecular weight is 259 g/mol. The molecule has 0 spiro atoms. The summed E-state index contributed by atoms with van der Waals surface area (Å²) in [7, 11) is 0. The SMILES string of the molecule is Cl.O=C(NC1CC2CCC1C2)[C@@H]1CCCCN1. The predicted octanol–water partition coefficient (Wildman–Crippen LogP) is 1.86. The highest BCUT2D eigenvalue weighted by molar-refractivity contribution is 5.85. The van der Waals surface area contributed by atoms with Crippen LogP contribution in [0.15, 0.2) is 0 Å². The molecule has 2 bridgehead atoms. The van der Waals surface area contributed by atoms with Crippen LogP contribution >= 0.6 is 12.4 Å². The summed E-state index contributed by atoms with van der Waals surface area (Å²) in [6, 6.07) is 0.586. The molecule has 0 aromatic carbocycles. The Morgan fingerprint density at radius 1 is 1.12 bits per heavy atom. The zero-order valence-electron chi connectivity index (χ0n) is 10.3. The second kappa shape index (κ2) is 5.57. The molecule has 3 rings (SSSR count). The number of fused-ring (bicyclic) bond motifs is 2. The molecular weight excluding hydrogens is 236 g/mol. The highest BCUT2D eigenvalue weighted by atomic mass is 35.5. The summed E-state index contributed by atoms with van der Waals surface area (Å²) in [5.74, 6) is 1.96. The van der Waals surface area contributed by atoms with Gasteiger partial charge in [0.1, 0.15) is 0 Å². The van der Waals surface area contributed by atoms with Gasteiger partial charge in [0.05, 0.1) is 6.04 Å². The third-order valence-corrected chi connectivity index (χ3v) is 4.69.